The van der Waals surface area contributed by atoms with E-state index in [1.165, 1.54) is 11.3 Å². The van der Waals surface area contributed by atoms with Gasteiger partial charge < -0.3 is 4.90 Å². The number of hydrogen-bond donors (Lipinski definition) is 0. The molecule has 1 aromatic heterocycles. The van der Waals surface area contributed by atoms with Gasteiger partial charge in [-0.3, -0.25) is 9.98 Å². The van der Waals surface area contributed by atoms with Crippen LogP contribution in [0.5, 0.6) is 0 Å². The predicted molar refractivity (Wildman–Crippen MR) is 105 cm³/mol. The summed E-state index contributed by atoms with van der Waals surface area (Å²) in [5.41, 5.74) is 4.60. The Hall–Kier alpha value is -2.68. The molecular formula is C22H23N3. The lowest BCUT2D eigenvalue weighted by atomic mass is 10.1. The van der Waals surface area contributed by atoms with Crippen LogP contribution in [0.1, 0.15) is 25.0 Å². The molecule has 2 heterocycles. The fourth-order valence-electron chi connectivity index (χ4n) is 3.35. The second-order valence-corrected chi connectivity index (χ2v) is 7.09. The number of benzene rings is 2. The molecule has 3 nitrogen and oxygen atoms in total. The predicted octanol–water partition coefficient (Wildman–Crippen LogP) is 4.83. The number of pyridine rings is 1. The van der Waals surface area contributed by atoms with Gasteiger partial charge in [0.1, 0.15) is 5.84 Å². The smallest absolute Gasteiger partial charge is 0.138 e. The third kappa shape index (κ3) is 2.91. The lowest BCUT2D eigenvalue weighted by Crippen LogP contribution is -2.31. The van der Waals surface area contributed by atoms with Crippen LogP contribution < -0.4 is 4.90 Å². The first-order chi connectivity index (χ1) is 12.1. The number of aliphatic imine (C=N–C) groups is 1. The van der Waals surface area contributed by atoms with Crippen molar-refractivity contribution in [1.29, 1.82) is 0 Å². The number of nitrogens with zero attached hydrogens (tertiary/aromatic N) is 3. The number of fused-ring (bicyclic) bond motifs is 1. The summed E-state index contributed by atoms with van der Waals surface area (Å²) in [5.74, 6) is 1.54. The SMILES string of the molecule is Cc1ccc(N2CC(C(C)C)N=C2c2cccc3cccnc23)cc1. The number of hydrogen-bond acceptors (Lipinski definition) is 3. The molecule has 1 unspecified atom stereocenters. The van der Waals surface area contributed by atoms with Crippen LogP contribution >= 0.6 is 0 Å². The third-order valence-electron chi connectivity index (χ3n) is 4.90. The van der Waals surface area contributed by atoms with Gasteiger partial charge in [-0.15, -0.1) is 0 Å². The normalized spacial score (nSPS) is 17.4. The highest BCUT2D eigenvalue weighted by molar-refractivity contribution is 6.17. The Balaban J connectivity index is 1.85. The maximum atomic E-state index is 5.09. The fourth-order valence-corrected chi connectivity index (χ4v) is 3.35. The third-order valence-corrected chi connectivity index (χ3v) is 4.90. The number of amidine groups is 1. The molecule has 126 valence electrons. The van der Waals surface area contributed by atoms with Crippen molar-refractivity contribution in [2.45, 2.75) is 26.8 Å². The second kappa shape index (κ2) is 6.32. The van der Waals surface area contributed by atoms with Crippen LogP contribution in [-0.2, 0) is 0 Å². The molecule has 4 rings (SSSR count). The molecule has 25 heavy (non-hydrogen) atoms. The quantitative estimate of drug-likeness (QED) is 0.688. The summed E-state index contributed by atoms with van der Waals surface area (Å²) in [6.07, 6.45) is 1.86. The minimum atomic E-state index is 0.301. The van der Waals surface area contributed by atoms with E-state index in [-0.39, 0.29) is 0 Å². The summed E-state index contributed by atoms with van der Waals surface area (Å²) in [6, 6.07) is 19.4. The average molecular weight is 329 g/mol. The Morgan fingerprint density at radius 1 is 1.00 bits per heavy atom. The van der Waals surface area contributed by atoms with Crippen molar-refractivity contribution in [3.8, 4) is 0 Å². The van der Waals surface area contributed by atoms with Crippen molar-refractivity contribution in [2.75, 3.05) is 11.4 Å². The second-order valence-electron chi connectivity index (χ2n) is 7.09. The number of aryl methyl sites for hydroxylation is 1. The molecular weight excluding hydrogens is 306 g/mol. The molecule has 0 spiro atoms. The van der Waals surface area contributed by atoms with Crippen molar-refractivity contribution >= 4 is 22.4 Å². The number of anilines is 1. The van der Waals surface area contributed by atoms with E-state index in [2.05, 4.69) is 79.2 Å². The first-order valence-electron chi connectivity index (χ1n) is 8.89. The summed E-state index contributed by atoms with van der Waals surface area (Å²) < 4.78 is 0. The van der Waals surface area contributed by atoms with Gasteiger partial charge in [-0.1, -0.05) is 49.7 Å². The molecule has 0 bridgehead atoms. The molecule has 0 radical (unpaired) electrons. The van der Waals surface area contributed by atoms with Gasteiger partial charge in [0.2, 0.25) is 0 Å². The molecule has 0 fully saturated rings. The monoisotopic (exact) mass is 329 g/mol. The Morgan fingerprint density at radius 3 is 2.52 bits per heavy atom. The Bertz CT molecular complexity index is 920. The lowest BCUT2D eigenvalue weighted by Gasteiger charge is -2.22. The van der Waals surface area contributed by atoms with Crippen molar-refractivity contribution in [3.63, 3.8) is 0 Å². The van der Waals surface area contributed by atoms with Crippen LogP contribution in [0.4, 0.5) is 5.69 Å². The summed E-state index contributed by atoms with van der Waals surface area (Å²) in [4.78, 5) is 12.1. The molecule has 3 heteroatoms. The van der Waals surface area contributed by atoms with Gasteiger partial charge in [-0.2, -0.15) is 0 Å². The molecule has 3 aromatic rings. The zero-order valence-corrected chi connectivity index (χ0v) is 15.0. The zero-order valence-electron chi connectivity index (χ0n) is 15.0. The van der Waals surface area contributed by atoms with Crippen LogP contribution in [0.2, 0.25) is 0 Å². The minimum absolute atomic E-state index is 0.301. The highest BCUT2D eigenvalue weighted by Crippen LogP contribution is 2.29. The van der Waals surface area contributed by atoms with E-state index < -0.39 is 0 Å². The lowest BCUT2D eigenvalue weighted by molar-refractivity contribution is 0.521. The van der Waals surface area contributed by atoms with Crippen molar-refractivity contribution in [2.24, 2.45) is 10.9 Å². The van der Waals surface area contributed by atoms with Gasteiger partial charge in [-0.25, -0.2) is 0 Å². The van der Waals surface area contributed by atoms with Crippen molar-refractivity contribution in [1.82, 2.24) is 4.98 Å². The molecule has 0 aliphatic carbocycles. The molecule has 1 aliphatic rings. The van der Waals surface area contributed by atoms with E-state index in [4.69, 9.17) is 4.99 Å². The standard InChI is InChI=1S/C22H23N3/c1-15(2)20-14-25(18-11-9-16(3)10-12-18)22(24-20)19-8-4-6-17-7-5-13-23-21(17)19/h4-13,15,20H,14H2,1-3H3. The Morgan fingerprint density at radius 2 is 1.76 bits per heavy atom. The number of rotatable bonds is 3. The fraction of sp³-hybridized carbons (Fsp3) is 0.273. The summed E-state index contributed by atoms with van der Waals surface area (Å²) in [6.45, 7) is 7.52. The summed E-state index contributed by atoms with van der Waals surface area (Å²) in [5, 5.41) is 1.15. The average Bonchev–Trinajstić information content (AvgIpc) is 3.07. The molecule has 1 atom stereocenters. The highest BCUT2D eigenvalue weighted by atomic mass is 15.3. The van der Waals surface area contributed by atoms with Crippen LogP contribution in [0.25, 0.3) is 10.9 Å². The van der Waals surface area contributed by atoms with Crippen LogP contribution in [0, 0.1) is 12.8 Å². The Labute approximate surface area is 149 Å². The van der Waals surface area contributed by atoms with E-state index in [1.54, 1.807) is 0 Å². The number of para-hydroxylation sites is 1. The van der Waals surface area contributed by atoms with Crippen LogP contribution in [0.15, 0.2) is 65.8 Å². The van der Waals surface area contributed by atoms with Crippen LogP contribution in [-0.4, -0.2) is 23.4 Å². The number of aromatic nitrogens is 1. The highest BCUT2D eigenvalue weighted by Gasteiger charge is 2.30. The van der Waals surface area contributed by atoms with Gasteiger partial charge in [0, 0.05) is 29.4 Å². The van der Waals surface area contributed by atoms with Gasteiger partial charge in [0.25, 0.3) is 0 Å². The molecule has 0 saturated heterocycles. The van der Waals surface area contributed by atoms with Gasteiger partial charge in [0.05, 0.1) is 11.6 Å². The van der Waals surface area contributed by atoms with Gasteiger partial charge in [-0.05, 0) is 37.1 Å². The van der Waals surface area contributed by atoms with E-state index in [0.29, 0.717) is 12.0 Å². The zero-order chi connectivity index (χ0) is 17.4. The maximum Gasteiger partial charge on any atom is 0.138 e. The van der Waals surface area contributed by atoms with Crippen molar-refractivity contribution < 1.29 is 0 Å². The van der Waals surface area contributed by atoms with E-state index in [9.17, 15) is 0 Å². The molecule has 0 saturated carbocycles. The first kappa shape index (κ1) is 15.8. The topological polar surface area (TPSA) is 28.5 Å². The summed E-state index contributed by atoms with van der Waals surface area (Å²) in [7, 11) is 0. The van der Waals surface area contributed by atoms with Crippen molar-refractivity contribution in [3.05, 3.63) is 71.9 Å². The minimum Gasteiger partial charge on any atom is -0.324 e. The largest absolute Gasteiger partial charge is 0.324 e. The van der Waals surface area contributed by atoms with Gasteiger partial charge >= 0.3 is 0 Å². The van der Waals surface area contributed by atoms with E-state index in [0.717, 1.165) is 28.8 Å². The molecule has 0 amide bonds. The van der Waals surface area contributed by atoms with E-state index in [1.807, 2.05) is 12.3 Å². The molecule has 0 N–H and O–H groups in total. The Kier molecular flexibility index (Phi) is 4.00. The maximum absolute atomic E-state index is 5.09. The van der Waals surface area contributed by atoms with Gasteiger partial charge in [0.15, 0.2) is 0 Å². The van der Waals surface area contributed by atoms with Crippen LogP contribution in [0.3, 0.4) is 0 Å². The summed E-state index contributed by atoms with van der Waals surface area (Å²) >= 11 is 0. The first-order valence-corrected chi connectivity index (χ1v) is 8.89. The molecule has 2 aromatic carbocycles. The molecule has 1 aliphatic heterocycles. The van der Waals surface area contributed by atoms with E-state index >= 15 is 0 Å².